The van der Waals surface area contributed by atoms with Crippen LogP contribution in [0.1, 0.15) is 42.2 Å². The number of pyridine rings is 1. The molecule has 2 bridgehead atoms. The predicted molar refractivity (Wildman–Crippen MR) is 113 cm³/mol. The number of hydrogen-bond acceptors (Lipinski definition) is 4. The van der Waals surface area contributed by atoms with Gasteiger partial charge in [0.05, 0.1) is 11.4 Å². The maximum absolute atomic E-state index is 12.2. The highest BCUT2D eigenvalue weighted by molar-refractivity contribution is 5.99. The lowest BCUT2D eigenvalue weighted by atomic mass is 9.83. The van der Waals surface area contributed by atoms with Gasteiger partial charge in [0.15, 0.2) is 0 Å². The van der Waals surface area contributed by atoms with Crippen LogP contribution in [0.5, 0.6) is 0 Å². The molecule has 2 aliphatic rings. The smallest absolute Gasteiger partial charge is 0.251 e. The zero-order valence-electron chi connectivity index (χ0n) is 16.8. The van der Waals surface area contributed by atoms with Gasteiger partial charge in [0, 0.05) is 56.3 Å². The highest BCUT2D eigenvalue weighted by Gasteiger charge is 2.35. The number of carbonyl (C=O) groups is 2. The maximum atomic E-state index is 12.2. The van der Waals surface area contributed by atoms with Gasteiger partial charge in [0.25, 0.3) is 11.5 Å². The van der Waals surface area contributed by atoms with Gasteiger partial charge in [-0.15, -0.1) is 0 Å². The molecule has 4 rings (SSSR count). The molecule has 2 N–H and O–H groups in total. The molecule has 1 saturated heterocycles. The van der Waals surface area contributed by atoms with Crippen LogP contribution in [-0.2, 0) is 11.3 Å². The first kappa shape index (κ1) is 19.2. The minimum absolute atomic E-state index is 0.0656. The first-order chi connectivity index (χ1) is 14.0. The zero-order valence-corrected chi connectivity index (χ0v) is 16.8. The number of fused-ring (bicyclic) bond motifs is 4. The lowest BCUT2D eigenvalue weighted by molar-refractivity contribution is -0.114. The molecule has 2 atom stereocenters. The Morgan fingerprint density at radius 2 is 1.97 bits per heavy atom. The molecule has 0 aliphatic carbocycles. The van der Waals surface area contributed by atoms with E-state index in [1.807, 2.05) is 29.7 Å². The van der Waals surface area contributed by atoms with Crippen LogP contribution in [0.4, 0.5) is 11.4 Å². The maximum Gasteiger partial charge on any atom is 0.251 e. The van der Waals surface area contributed by atoms with Gasteiger partial charge in [0.2, 0.25) is 5.91 Å². The van der Waals surface area contributed by atoms with Crippen molar-refractivity contribution in [1.29, 1.82) is 0 Å². The molecular formula is C22H26N4O3. The predicted octanol–water partition coefficient (Wildman–Crippen LogP) is 2.18. The number of benzene rings is 1. The third-order valence-electron chi connectivity index (χ3n) is 5.73. The second kappa shape index (κ2) is 7.73. The van der Waals surface area contributed by atoms with Crippen LogP contribution >= 0.6 is 0 Å². The monoisotopic (exact) mass is 394 g/mol. The zero-order chi connectivity index (χ0) is 20.5. The highest BCUT2D eigenvalue weighted by atomic mass is 16.2. The summed E-state index contributed by atoms with van der Waals surface area (Å²) in [7, 11) is 0. The lowest BCUT2D eigenvalue weighted by Gasteiger charge is -2.44. The molecule has 29 heavy (non-hydrogen) atoms. The van der Waals surface area contributed by atoms with Crippen molar-refractivity contribution in [3.8, 4) is 0 Å². The van der Waals surface area contributed by atoms with Gasteiger partial charge in [-0.3, -0.25) is 14.4 Å². The number of nitrogens with zero attached hydrogens (tertiary/aromatic N) is 2. The summed E-state index contributed by atoms with van der Waals surface area (Å²) < 4.78 is 1.91. The van der Waals surface area contributed by atoms with Gasteiger partial charge in [-0.25, -0.2) is 0 Å². The lowest BCUT2D eigenvalue weighted by Crippen LogP contribution is -2.47. The van der Waals surface area contributed by atoms with Gasteiger partial charge >= 0.3 is 0 Å². The van der Waals surface area contributed by atoms with E-state index in [0.717, 1.165) is 30.9 Å². The van der Waals surface area contributed by atoms with Crippen molar-refractivity contribution in [2.24, 2.45) is 5.92 Å². The summed E-state index contributed by atoms with van der Waals surface area (Å²) in [6.07, 6.45) is 1.06. The van der Waals surface area contributed by atoms with Gasteiger partial charge in [-0.2, -0.15) is 0 Å². The number of hydrogen-bond donors (Lipinski definition) is 2. The normalized spacial score (nSPS) is 20.0. The van der Waals surface area contributed by atoms with Crippen LogP contribution < -0.4 is 21.1 Å². The molecule has 1 fully saturated rings. The molecule has 0 unspecified atom stereocenters. The van der Waals surface area contributed by atoms with E-state index < -0.39 is 0 Å². The average Bonchev–Trinajstić information content (AvgIpc) is 2.68. The van der Waals surface area contributed by atoms with E-state index >= 15 is 0 Å². The fraction of sp³-hybridized carbons (Fsp3) is 0.409. The van der Waals surface area contributed by atoms with Crippen LogP contribution in [-0.4, -0.2) is 36.0 Å². The molecule has 7 heteroatoms. The van der Waals surface area contributed by atoms with Gasteiger partial charge in [-0.05, 0) is 43.5 Å². The Balaban J connectivity index is 1.67. The summed E-state index contributed by atoms with van der Waals surface area (Å²) in [4.78, 5) is 38.5. The van der Waals surface area contributed by atoms with Gasteiger partial charge in [-0.1, -0.05) is 6.07 Å². The van der Waals surface area contributed by atoms with Crippen LogP contribution in [0.25, 0.3) is 0 Å². The van der Waals surface area contributed by atoms with Crippen molar-refractivity contribution in [3.05, 3.63) is 58.0 Å². The summed E-state index contributed by atoms with van der Waals surface area (Å²) in [5.74, 6) is 0.308. The van der Waals surface area contributed by atoms with E-state index in [4.69, 9.17) is 0 Å². The molecule has 152 valence electrons. The standard InChI is InChI=1S/C22H26N4O3/c1-3-23-22(29)16-7-8-20(18(10-16)24-14(2)27)25-11-15-9-17(13-25)19-5-4-6-21(28)26(19)12-15/h4-8,10,15,17H,3,9,11-13H2,1-2H3,(H,23,29)(H,24,27)/t15-,17-/m0/s1. The fourth-order valence-electron chi connectivity index (χ4n) is 4.60. The van der Waals surface area contributed by atoms with E-state index in [-0.39, 0.29) is 23.3 Å². The number of carbonyl (C=O) groups excluding carboxylic acids is 2. The molecule has 0 saturated carbocycles. The summed E-state index contributed by atoms with van der Waals surface area (Å²) in [6.45, 7) is 6.18. The summed E-state index contributed by atoms with van der Waals surface area (Å²) in [5, 5.41) is 5.68. The Kier molecular flexibility index (Phi) is 5.13. The molecule has 0 radical (unpaired) electrons. The van der Waals surface area contributed by atoms with E-state index in [2.05, 4.69) is 15.5 Å². The van der Waals surface area contributed by atoms with Crippen LogP contribution in [0.3, 0.4) is 0 Å². The summed E-state index contributed by atoms with van der Waals surface area (Å²) in [6, 6.07) is 10.9. The van der Waals surface area contributed by atoms with Gasteiger partial charge in [0.1, 0.15) is 0 Å². The number of amides is 2. The Morgan fingerprint density at radius 3 is 2.72 bits per heavy atom. The molecule has 0 spiro atoms. The second-order valence-electron chi connectivity index (χ2n) is 7.88. The van der Waals surface area contributed by atoms with Crippen molar-refractivity contribution in [1.82, 2.24) is 9.88 Å². The van der Waals surface area contributed by atoms with Gasteiger partial charge < -0.3 is 20.1 Å². The Hall–Kier alpha value is -3.09. The Labute approximate surface area is 169 Å². The third kappa shape index (κ3) is 3.77. The molecule has 7 nitrogen and oxygen atoms in total. The first-order valence-electron chi connectivity index (χ1n) is 10.1. The molecule has 2 aromatic rings. The van der Waals surface area contributed by atoms with Crippen molar-refractivity contribution < 1.29 is 9.59 Å². The van der Waals surface area contributed by atoms with Crippen molar-refractivity contribution >= 4 is 23.2 Å². The van der Waals surface area contributed by atoms with Crippen LogP contribution in [0.2, 0.25) is 0 Å². The summed E-state index contributed by atoms with van der Waals surface area (Å²) >= 11 is 0. The molecule has 3 heterocycles. The second-order valence-corrected chi connectivity index (χ2v) is 7.88. The quantitative estimate of drug-likeness (QED) is 0.833. The van der Waals surface area contributed by atoms with E-state index in [1.165, 1.54) is 6.92 Å². The minimum atomic E-state index is -0.173. The summed E-state index contributed by atoms with van der Waals surface area (Å²) in [5.41, 5.74) is 3.23. The first-order valence-corrected chi connectivity index (χ1v) is 10.1. The van der Waals surface area contributed by atoms with Crippen molar-refractivity contribution in [3.63, 3.8) is 0 Å². The molecule has 1 aromatic carbocycles. The molecular weight excluding hydrogens is 368 g/mol. The number of aromatic nitrogens is 1. The average molecular weight is 394 g/mol. The third-order valence-corrected chi connectivity index (χ3v) is 5.73. The molecule has 1 aromatic heterocycles. The largest absolute Gasteiger partial charge is 0.369 e. The molecule has 2 aliphatic heterocycles. The Morgan fingerprint density at radius 1 is 1.14 bits per heavy atom. The van der Waals surface area contributed by atoms with Crippen LogP contribution in [0, 0.1) is 5.92 Å². The number of piperidine rings is 1. The topological polar surface area (TPSA) is 83.4 Å². The Bertz CT molecular complexity index is 1010. The van der Waals surface area contributed by atoms with Crippen LogP contribution in [0.15, 0.2) is 41.2 Å². The van der Waals surface area contributed by atoms with E-state index in [1.54, 1.807) is 18.2 Å². The van der Waals surface area contributed by atoms with Crippen molar-refractivity contribution in [2.45, 2.75) is 32.7 Å². The highest BCUT2D eigenvalue weighted by Crippen LogP contribution is 2.39. The molecule has 2 amide bonds. The van der Waals surface area contributed by atoms with E-state index in [0.29, 0.717) is 30.3 Å². The van der Waals surface area contributed by atoms with Crippen molar-refractivity contribution in [2.75, 3.05) is 29.9 Å². The fourth-order valence-corrected chi connectivity index (χ4v) is 4.60. The number of nitrogens with one attached hydrogen (secondary N) is 2. The SMILES string of the molecule is CCNC(=O)c1ccc(N2C[C@@H]3C[C@@H](C2)c2cccc(=O)n2C3)c(NC(C)=O)c1. The minimum Gasteiger partial charge on any atom is -0.369 e. The number of rotatable bonds is 4. The van der Waals surface area contributed by atoms with E-state index in [9.17, 15) is 14.4 Å². The number of anilines is 2.